The summed E-state index contributed by atoms with van der Waals surface area (Å²) in [6.07, 6.45) is 1.70. The number of thioether (sulfide) groups is 1. The van der Waals surface area contributed by atoms with Crippen LogP contribution in [0.5, 0.6) is 0 Å². The Balaban J connectivity index is 1.68. The second-order valence-electron chi connectivity index (χ2n) is 7.62. The molecule has 2 aromatic carbocycles. The standard InChI is InChI=1S/C23H28N4OS/c1-17(2)20-10-12-21(13-11-20)27-16-24-25-23(27)29-15-22(28)26(18(3)4)14-19-8-6-5-7-9-19/h5-13,16-18H,14-15H2,1-4H3. The Kier molecular flexibility index (Phi) is 7.09. The molecule has 0 aliphatic rings. The summed E-state index contributed by atoms with van der Waals surface area (Å²) in [7, 11) is 0. The van der Waals surface area contributed by atoms with Gasteiger partial charge in [-0.3, -0.25) is 9.36 Å². The maximum absolute atomic E-state index is 12.9. The van der Waals surface area contributed by atoms with Crippen LogP contribution in [0.4, 0.5) is 0 Å². The minimum Gasteiger partial charge on any atom is -0.335 e. The Morgan fingerprint density at radius 1 is 1.03 bits per heavy atom. The quantitative estimate of drug-likeness (QED) is 0.497. The van der Waals surface area contributed by atoms with E-state index < -0.39 is 0 Å². The van der Waals surface area contributed by atoms with E-state index in [2.05, 4.69) is 48.3 Å². The van der Waals surface area contributed by atoms with Crippen LogP contribution < -0.4 is 0 Å². The van der Waals surface area contributed by atoms with E-state index in [9.17, 15) is 4.79 Å². The van der Waals surface area contributed by atoms with Crippen LogP contribution >= 0.6 is 11.8 Å². The highest BCUT2D eigenvalue weighted by Gasteiger charge is 2.19. The lowest BCUT2D eigenvalue weighted by Gasteiger charge is -2.26. The molecule has 152 valence electrons. The molecule has 6 heteroatoms. The van der Waals surface area contributed by atoms with E-state index in [1.54, 1.807) is 6.33 Å². The molecule has 3 rings (SSSR count). The van der Waals surface area contributed by atoms with Crippen molar-refractivity contribution in [3.8, 4) is 5.69 Å². The van der Waals surface area contributed by atoms with Gasteiger partial charge in [0.15, 0.2) is 5.16 Å². The first-order chi connectivity index (χ1) is 14.0. The summed E-state index contributed by atoms with van der Waals surface area (Å²) in [4.78, 5) is 14.8. The minimum absolute atomic E-state index is 0.0959. The highest BCUT2D eigenvalue weighted by Crippen LogP contribution is 2.22. The number of benzene rings is 2. The number of amides is 1. The molecule has 0 N–H and O–H groups in total. The molecule has 0 spiro atoms. The highest BCUT2D eigenvalue weighted by atomic mass is 32.2. The van der Waals surface area contributed by atoms with Crippen LogP contribution in [0.25, 0.3) is 5.69 Å². The third-order valence-electron chi connectivity index (χ3n) is 4.82. The first-order valence-corrected chi connectivity index (χ1v) is 10.9. The first kappa shape index (κ1) is 21.1. The Bertz CT molecular complexity index is 920. The van der Waals surface area contributed by atoms with Crippen molar-refractivity contribution in [3.63, 3.8) is 0 Å². The zero-order valence-electron chi connectivity index (χ0n) is 17.4. The maximum atomic E-state index is 12.9. The van der Waals surface area contributed by atoms with Gasteiger partial charge in [-0.25, -0.2) is 0 Å². The van der Waals surface area contributed by atoms with Crippen LogP contribution in [0, 0.1) is 0 Å². The third kappa shape index (κ3) is 5.48. The summed E-state index contributed by atoms with van der Waals surface area (Å²) in [5.41, 5.74) is 3.42. The minimum atomic E-state index is 0.0959. The van der Waals surface area contributed by atoms with Gasteiger partial charge in [-0.2, -0.15) is 0 Å². The van der Waals surface area contributed by atoms with Crippen LogP contribution in [0.2, 0.25) is 0 Å². The van der Waals surface area contributed by atoms with Gasteiger partial charge in [0, 0.05) is 18.3 Å². The van der Waals surface area contributed by atoms with Crippen LogP contribution in [0.3, 0.4) is 0 Å². The van der Waals surface area contributed by atoms with Gasteiger partial charge in [0.1, 0.15) is 6.33 Å². The molecule has 0 radical (unpaired) electrons. The van der Waals surface area contributed by atoms with Gasteiger partial charge in [0.25, 0.3) is 0 Å². The fourth-order valence-electron chi connectivity index (χ4n) is 3.07. The van der Waals surface area contributed by atoms with E-state index in [4.69, 9.17) is 0 Å². The predicted molar refractivity (Wildman–Crippen MR) is 118 cm³/mol. The molecule has 0 bridgehead atoms. The van der Waals surface area contributed by atoms with E-state index in [-0.39, 0.29) is 11.9 Å². The van der Waals surface area contributed by atoms with E-state index in [1.807, 2.05) is 53.6 Å². The van der Waals surface area contributed by atoms with Gasteiger partial charge in [0.05, 0.1) is 5.75 Å². The molecule has 0 unspecified atom stereocenters. The molecule has 0 saturated heterocycles. The second kappa shape index (κ2) is 9.74. The number of rotatable bonds is 8. The number of nitrogens with zero attached hydrogens (tertiary/aromatic N) is 4. The summed E-state index contributed by atoms with van der Waals surface area (Å²) in [5, 5.41) is 8.99. The molecular formula is C23H28N4OS. The molecule has 0 saturated carbocycles. The number of carbonyl (C=O) groups excluding carboxylic acids is 1. The lowest BCUT2D eigenvalue weighted by Crippen LogP contribution is -2.37. The van der Waals surface area contributed by atoms with E-state index >= 15 is 0 Å². The Morgan fingerprint density at radius 3 is 2.34 bits per heavy atom. The van der Waals surface area contributed by atoms with Crippen LogP contribution in [-0.4, -0.2) is 37.4 Å². The van der Waals surface area contributed by atoms with Gasteiger partial charge in [-0.1, -0.05) is 68.1 Å². The van der Waals surface area contributed by atoms with Crippen molar-refractivity contribution in [1.29, 1.82) is 0 Å². The van der Waals surface area contributed by atoms with Gasteiger partial charge in [0.2, 0.25) is 5.91 Å². The third-order valence-corrected chi connectivity index (χ3v) is 5.75. The SMILES string of the molecule is CC(C)c1ccc(-n2cnnc2SCC(=O)N(Cc2ccccc2)C(C)C)cc1. The van der Waals surface area contributed by atoms with Crippen molar-refractivity contribution in [2.75, 3.05) is 5.75 Å². The zero-order valence-corrected chi connectivity index (χ0v) is 18.3. The molecule has 0 aliphatic heterocycles. The molecule has 1 amide bonds. The summed E-state index contributed by atoms with van der Waals surface area (Å²) < 4.78 is 1.93. The smallest absolute Gasteiger partial charge is 0.233 e. The molecule has 0 fully saturated rings. The van der Waals surface area contributed by atoms with Crippen LogP contribution in [0.1, 0.15) is 44.7 Å². The van der Waals surface area contributed by atoms with E-state index in [0.717, 1.165) is 16.4 Å². The normalized spacial score (nSPS) is 11.2. The van der Waals surface area contributed by atoms with Crippen molar-refractivity contribution in [3.05, 3.63) is 72.1 Å². The molecule has 0 atom stereocenters. The summed E-state index contributed by atoms with van der Waals surface area (Å²) in [5.74, 6) is 0.912. The monoisotopic (exact) mass is 408 g/mol. The molecular weight excluding hydrogens is 380 g/mol. The predicted octanol–water partition coefficient (Wildman–Crippen LogP) is 4.92. The topological polar surface area (TPSA) is 51.0 Å². The number of carbonyl (C=O) groups is 1. The molecule has 29 heavy (non-hydrogen) atoms. The molecule has 0 aliphatic carbocycles. The number of hydrogen-bond acceptors (Lipinski definition) is 4. The van der Waals surface area contributed by atoms with Crippen molar-refractivity contribution in [2.45, 2.75) is 51.4 Å². The average Bonchev–Trinajstić information content (AvgIpc) is 3.19. The van der Waals surface area contributed by atoms with Gasteiger partial charge < -0.3 is 4.90 Å². The van der Waals surface area contributed by atoms with Crippen molar-refractivity contribution >= 4 is 17.7 Å². The van der Waals surface area contributed by atoms with Crippen LogP contribution in [0.15, 0.2) is 66.1 Å². The lowest BCUT2D eigenvalue weighted by atomic mass is 10.0. The fraction of sp³-hybridized carbons (Fsp3) is 0.348. The van der Waals surface area contributed by atoms with E-state index in [0.29, 0.717) is 18.2 Å². The number of hydrogen-bond donors (Lipinski definition) is 0. The Morgan fingerprint density at radius 2 is 1.72 bits per heavy atom. The maximum Gasteiger partial charge on any atom is 0.233 e. The van der Waals surface area contributed by atoms with Gasteiger partial charge in [-0.05, 0) is 43.0 Å². The van der Waals surface area contributed by atoms with Gasteiger partial charge >= 0.3 is 0 Å². The molecule has 1 heterocycles. The second-order valence-corrected chi connectivity index (χ2v) is 8.56. The van der Waals surface area contributed by atoms with Crippen molar-refractivity contribution < 1.29 is 4.79 Å². The highest BCUT2D eigenvalue weighted by molar-refractivity contribution is 7.99. The zero-order chi connectivity index (χ0) is 20.8. The Hall–Kier alpha value is -2.60. The summed E-state index contributed by atoms with van der Waals surface area (Å²) in [6.45, 7) is 9.06. The molecule has 3 aromatic rings. The average molecular weight is 409 g/mol. The molecule has 5 nitrogen and oxygen atoms in total. The summed E-state index contributed by atoms with van der Waals surface area (Å²) in [6, 6.07) is 18.6. The molecule has 1 aromatic heterocycles. The van der Waals surface area contributed by atoms with Crippen molar-refractivity contribution in [2.24, 2.45) is 0 Å². The Labute approximate surface area is 177 Å². The summed E-state index contributed by atoms with van der Waals surface area (Å²) >= 11 is 1.42. The van der Waals surface area contributed by atoms with Crippen molar-refractivity contribution in [1.82, 2.24) is 19.7 Å². The lowest BCUT2D eigenvalue weighted by molar-refractivity contribution is -0.130. The van der Waals surface area contributed by atoms with Gasteiger partial charge in [-0.15, -0.1) is 10.2 Å². The largest absolute Gasteiger partial charge is 0.335 e. The van der Waals surface area contributed by atoms with E-state index in [1.165, 1.54) is 17.3 Å². The first-order valence-electron chi connectivity index (χ1n) is 9.92. The number of aromatic nitrogens is 3. The fourth-order valence-corrected chi connectivity index (χ4v) is 3.88. The van der Waals surface area contributed by atoms with Crippen LogP contribution in [-0.2, 0) is 11.3 Å².